The molecular formula is C10H17NO2S. The zero-order chi connectivity index (χ0) is 10.2. The van der Waals surface area contributed by atoms with E-state index in [0.717, 1.165) is 19.5 Å². The molecule has 2 N–H and O–H groups in total. The van der Waals surface area contributed by atoms with Gasteiger partial charge in [0.05, 0.1) is 12.7 Å². The third kappa shape index (κ3) is 4.72. The highest BCUT2D eigenvalue weighted by Gasteiger charge is 2.01. The average Bonchev–Trinajstić information content (AvgIpc) is 2.65. The summed E-state index contributed by atoms with van der Waals surface area (Å²) in [6.07, 6.45) is 0.382. The summed E-state index contributed by atoms with van der Waals surface area (Å²) < 4.78 is 4.83. The van der Waals surface area contributed by atoms with E-state index in [-0.39, 0.29) is 6.10 Å². The van der Waals surface area contributed by atoms with E-state index in [4.69, 9.17) is 4.74 Å². The number of methoxy groups -OCH3 is 1. The fraction of sp³-hybridized carbons (Fsp3) is 0.600. The predicted octanol–water partition coefficient (Wildman–Crippen LogP) is 1.24. The smallest absolute Gasteiger partial charge is 0.0785 e. The van der Waals surface area contributed by atoms with Crippen LogP contribution in [0.1, 0.15) is 12.0 Å². The third-order valence-corrected chi connectivity index (χ3v) is 2.65. The Morgan fingerprint density at radius 2 is 2.50 bits per heavy atom. The molecular weight excluding hydrogens is 198 g/mol. The molecule has 14 heavy (non-hydrogen) atoms. The Kier molecular flexibility index (Phi) is 5.78. The molecule has 0 spiro atoms. The molecule has 0 bridgehead atoms. The summed E-state index contributed by atoms with van der Waals surface area (Å²) in [4.78, 5) is 0. The molecule has 0 amide bonds. The number of ether oxygens (including phenoxy) is 1. The fourth-order valence-electron chi connectivity index (χ4n) is 1.17. The van der Waals surface area contributed by atoms with Gasteiger partial charge in [0.1, 0.15) is 0 Å². The molecule has 80 valence electrons. The average molecular weight is 215 g/mol. The lowest BCUT2D eigenvalue weighted by molar-refractivity contribution is 0.0594. The topological polar surface area (TPSA) is 41.5 Å². The summed E-state index contributed by atoms with van der Waals surface area (Å²) in [6.45, 7) is 2.11. The first-order valence-electron chi connectivity index (χ1n) is 4.71. The summed E-state index contributed by atoms with van der Waals surface area (Å²) in [5.74, 6) is 0. The van der Waals surface area contributed by atoms with Crippen molar-refractivity contribution in [2.75, 3.05) is 20.3 Å². The van der Waals surface area contributed by atoms with Gasteiger partial charge in [0.25, 0.3) is 0 Å². The van der Waals surface area contributed by atoms with Gasteiger partial charge in [-0.15, -0.1) is 0 Å². The van der Waals surface area contributed by atoms with Crippen molar-refractivity contribution >= 4 is 11.3 Å². The number of thiophene rings is 1. The van der Waals surface area contributed by atoms with Crippen LogP contribution in [0.25, 0.3) is 0 Å². The van der Waals surface area contributed by atoms with Crippen molar-refractivity contribution in [2.24, 2.45) is 0 Å². The third-order valence-electron chi connectivity index (χ3n) is 1.92. The van der Waals surface area contributed by atoms with E-state index in [1.165, 1.54) is 5.56 Å². The van der Waals surface area contributed by atoms with Crippen molar-refractivity contribution in [3.8, 4) is 0 Å². The molecule has 0 fully saturated rings. The summed E-state index contributed by atoms with van der Waals surface area (Å²) in [7, 11) is 1.60. The highest BCUT2D eigenvalue weighted by Crippen LogP contribution is 2.04. The Morgan fingerprint density at radius 3 is 3.14 bits per heavy atom. The Balaban J connectivity index is 1.99. The highest BCUT2D eigenvalue weighted by atomic mass is 32.1. The van der Waals surface area contributed by atoms with Crippen LogP contribution in [0.3, 0.4) is 0 Å². The van der Waals surface area contributed by atoms with Crippen LogP contribution in [0, 0.1) is 0 Å². The van der Waals surface area contributed by atoms with Crippen molar-refractivity contribution in [1.82, 2.24) is 5.32 Å². The van der Waals surface area contributed by atoms with Crippen molar-refractivity contribution in [3.63, 3.8) is 0 Å². The quantitative estimate of drug-likeness (QED) is 0.672. The van der Waals surface area contributed by atoms with Crippen LogP contribution in [0.15, 0.2) is 16.8 Å². The maximum Gasteiger partial charge on any atom is 0.0785 e. The second-order valence-corrected chi connectivity index (χ2v) is 3.99. The molecule has 0 radical (unpaired) electrons. The summed E-state index contributed by atoms with van der Waals surface area (Å²) in [6, 6.07) is 2.10. The van der Waals surface area contributed by atoms with Gasteiger partial charge in [-0.3, -0.25) is 0 Å². The monoisotopic (exact) mass is 215 g/mol. The number of nitrogens with one attached hydrogen (secondary N) is 1. The normalized spacial score (nSPS) is 13.0. The van der Waals surface area contributed by atoms with Gasteiger partial charge >= 0.3 is 0 Å². The SMILES string of the molecule is COCC(O)CCNCc1ccsc1. The maximum atomic E-state index is 9.34. The second-order valence-electron chi connectivity index (χ2n) is 3.21. The van der Waals surface area contributed by atoms with Gasteiger partial charge in [-0.2, -0.15) is 11.3 Å². The molecule has 1 aromatic rings. The van der Waals surface area contributed by atoms with Crippen LogP contribution in [0.5, 0.6) is 0 Å². The molecule has 0 aliphatic rings. The number of rotatable bonds is 7. The van der Waals surface area contributed by atoms with Crippen LogP contribution in [0.4, 0.5) is 0 Å². The van der Waals surface area contributed by atoms with E-state index >= 15 is 0 Å². The molecule has 3 nitrogen and oxygen atoms in total. The van der Waals surface area contributed by atoms with Gasteiger partial charge in [0, 0.05) is 13.7 Å². The number of aliphatic hydroxyl groups is 1. The second kappa shape index (κ2) is 6.95. The number of aliphatic hydroxyl groups excluding tert-OH is 1. The van der Waals surface area contributed by atoms with Crippen LogP contribution >= 0.6 is 11.3 Å². The number of hydrogen-bond donors (Lipinski definition) is 2. The van der Waals surface area contributed by atoms with Crippen molar-refractivity contribution in [2.45, 2.75) is 19.1 Å². The largest absolute Gasteiger partial charge is 0.391 e. The lowest BCUT2D eigenvalue weighted by atomic mass is 10.2. The van der Waals surface area contributed by atoms with Gasteiger partial charge in [-0.05, 0) is 35.4 Å². The molecule has 1 unspecified atom stereocenters. The Bertz CT molecular complexity index is 226. The molecule has 0 aromatic carbocycles. The van der Waals surface area contributed by atoms with E-state index in [0.29, 0.717) is 6.61 Å². The Morgan fingerprint density at radius 1 is 1.64 bits per heavy atom. The van der Waals surface area contributed by atoms with E-state index in [1.54, 1.807) is 18.4 Å². The lowest BCUT2D eigenvalue weighted by Gasteiger charge is -2.09. The van der Waals surface area contributed by atoms with Crippen molar-refractivity contribution in [3.05, 3.63) is 22.4 Å². The fourth-order valence-corrected chi connectivity index (χ4v) is 1.84. The summed E-state index contributed by atoms with van der Waals surface area (Å²) in [5.41, 5.74) is 1.30. The molecule has 1 rings (SSSR count). The first-order chi connectivity index (χ1) is 6.83. The summed E-state index contributed by atoms with van der Waals surface area (Å²) in [5, 5.41) is 16.8. The Hall–Kier alpha value is -0.420. The van der Waals surface area contributed by atoms with Crippen molar-refractivity contribution < 1.29 is 9.84 Å². The van der Waals surface area contributed by atoms with E-state index in [1.807, 2.05) is 0 Å². The van der Waals surface area contributed by atoms with Gasteiger partial charge in [-0.25, -0.2) is 0 Å². The molecule has 1 atom stereocenters. The summed E-state index contributed by atoms with van der Waals surface area (Å²) >= 11 is 1.70. The standard InChI is InChI=1S/C10H17NO2S/c1-13-7-10(12)2-4-11-6-9-3-5-14-8-9/h3,5,8,10-12H,2,4,6-7H2,1H3. The molecule has 4 heteroatoms. The van der Waals surface area contributed by atoms with Crippen LogP contribution in [-0.4, -0.2) is 31.5 Å². The first-order valence-corrected chi connectivity index (χ1v) is 5.66. The molecule has 0 aliphatic carbocycles. The number of hydrogen-bond acceptors (Lipinski definition) is 4. The van der Waals surface area contributed by atoms with E-state index in [9.17, 15) is 5.11 Å². The molecule has 0 aliphatic heterocycles. The van der Waals surface area contributed by atoms with Crippen LogP contribution < -0.4 is 5.32 Å². The first kappa shape index (κ1) is 11.7. The molecule has 0 saturated heterocycles. The van der Waals surface area contributed by atoms with E-state index < -0.39 is 0 Å². The lowest BCUT2D eigenvalue weighted by Crippen LogP contribution is -2.22. The van der Waals surface area contributed by atoms with Gasteiger partial charge < -0.3 is 15.2 Å². The van der Waals surface area contributed by atoms with Gasteiger partial charge in [0.15, 0.2) is 0 Å². The van der Waals surface area contributed by atoms with Gasteiger partial charge in [0.2, 0.25) is 0 Å². The zero-order valence-corrected chi connectivity index (χ0v) is 9.22. The maximum absolute atomic E-state index is 9.34. The molecule has 1 heterocycles. The van der Waals surface area contributed by atoms with Gasteiger partial charge in [-0.1, -0.05) is 0 Å². The predicted molar refractivity (Wildman–Crippen MR) is 58.5 cm³/mol. The molecule has 0 saturated carbocycles. The molecule has 1 aromatic heterocycles. The minimum absolute atomic E-state index is 0.352. The van der Waals surface area contributed by atoms with Crippen molar-refractivity contribution in [1.29, 1.82) is 0 Å². The van der Waals surface area contributed by atoms with Crippen LogP contribution in [0.2, 0.25) is 0 Å². The van der Waals surface area contributed by atoms with Crippen LogP contribution in [-0.2, 0) is 11.3 Å². The zero-order valence-electron chi connectivity index (χ0n) is 8.40. The Labute approximate surface area is 88.7 Å². The minimum Gasteiger partial charge on any atom is -0.391 e. The highest BCUT2D eigenvalue weighted by molar-refractivity contribution is 7.07. The minimum atomic E-state index is -0.352. The van der Waals surface area contributed by atoms with E-state index in [2.05, 4.69) is 22.1 Å².